The van der Waals surface area contributed by atoms with Gasteiger partial charge in [0.15, 0.2) is 0 Å². The molecule has 2 heterocycles. The van der Waals surface area contributed by atoms with Crippen molar-refractivity contribution < 1.29 is 9.18 Å². The molecule has 22 heavy (non-hydrogen) atoms. The molecule has 1 amide bonds. The van der Waals surface area contributed by atoms with Crippen LogP contribution in [0.25, 0.3) is 0 Å². The van der Waals surface area contributed by atoms with Crippen molar-refractivity contribution in [2.24, 2.45) is 0 Å². The van der Waals surface area contributed by atoms with Crippen molar-refractivity contribution in [2.75, 3.05) is 13.1 Å². The van der Waals surface area contributed by atoms with Gasteiger partial charge in [0.1, 0.15) is 5.82 Å². The molecular weight excluding hydrogens is 365 g/mol. The number of carbonyl (C=O) groups is 1. The Hall–Kier alpha value is -1.20. The van der Waals surface area contributed by atoms with E-state index < -0.39 is 0 Å². The molecule has 0 radical (unpaired) electrons. The zero-order valence-corrected chi connectivity index (χ0v) is 14.5. The second-order valence-electron chi connectivity index (χ2n) is 5.62. The smallest absolute Gasteiger partial charge is 0.263 e. The first-order valence-corrected chi connectivity index (χ1v) is 9.09. The van der Waals surface area contributed by atoms with Crippen molar-refractivity contribution in [1.82, 2.24) is 4.90 Å². The van der Waals surface area contributed by atoms with Gasteiger partial charge in [0.25, 0.3) is 5.91 Å². The van der Waals surface area contributed by atoms with Crippen LogP contribution in [0.5, 0.6) is 0 Å². The fourth-order valence-electron chi connectivity index (χ4n) is 2.91. The summed E-state index contributed by atoms with van der Waals surface area (Å²) in [5, 5.41) is 1.93. The van der Waals surface area contributed by atoms with Crippen molar-refractivity contribution in [3.05, 3.63) is 56.4 Å². The predicted molar refractivity (Wildman–Crippen MR) is 90.9 cm³/mol. The molecule has 116 valence electrons. The van der Waals surface area contributed by atoms with E-state index in [9.17, 15) is 9.18 Å². The van der Waals surface area contributed by atoms with E-state index in [1.54, 1.807) is 0 Å². The second-order valence-corrected chi connectivity index (χ2v) is 7.45. The normalized spacial score (nSPS) is 19.0. The van der Waals surface area contributed by atoms with E-state index in [1.807, 2.05) is 28.5 Å². The van der Waals surface area contributed by atoms with E-state index in [0.29, 0.717) is 6.54 Å². The van der Waals surface area contributed by atoms with E-state index in [4.69, 9.17) is 0 Å². The fourth-order valence-corrected chi connectivity index (χ4v) is 4.31. The van der Waals surface area contributed by atoms with E-state index in [2.05, 4.69) is 15.9 Å². The van der Waals surface area contributed by atoms with E-state index in [0.717, 1.165) is 40.7 Å². The lowest BCUT2D eigenvalue weighted by atomic mass is 9.94. The van der Waals surface area contributed by atoms with Crippen LogP contribution >= 0.6 is 27.3 Å². The first-order valence-electron chi connectivity index (χ1n) is 7.42. The second kappa shape index (κ2) is 6.92. The Balaban J connectivity index is 1.77. The maximum Gasteiger partial charge on any atom is 0.263 e. The van der Waals surface area contributed by atoms with E-state index in [1.165, 1.54) is 23.5 Å². The predicted octanol–water partition coefficient (Wildman–Crippen LogP) is 5.06. The summed E-state index contributed by atoms with van der Waals surface area (Å²) in [6, 6.07) is 8.57. The number of thiophene rings is 1. The third-order valence-electron chi connectivity index (χ3n) is 4.08. The van der Waals surface area contributed by atoms with Crippen LogP contribution in [0.1, 0.15) is 40.4 Å². The molecule has 0 aliphatic carbocycles. The zero-order chi connectivity index (χ0) is 15.5. The maximum absolute atomic E-state index is 13.1. The molecule has 1 aromatic heterocycles. The summed E-state index contributed by atoms with van der Waals surface area (Å²) in [6.45, 7) is 1.51. The quantitative estimate of drug-likeness (QED) is 0.711. The average molecular weight is 382 g/mol. The average Bonchev–Trinajstić information content (AvgIpc) is 2.81. The van der Waals surface area contributed by atoms with Gasteiger partial charge in [0.05, 0.1) is 4.88 Å². The molecule has 0 spiro atoms. The lowest BCUT2D eigenvalue weighted by Gasteiger charge is -2.24. The minimum Gasteiger partial charge on any atom is -0.337 e. The molecule has 5 heteroatoms. The van der Waals surface area contributed by atoms with Gasteiger partial charge in [-0.1, -0.05) is 18.6 Å². The number of hydrogen-bond donors (Lipinski definition) is 0. The van der Waals surface area contributed by atoms with Crippen molar-refractivity contribution in [1.29, 1.82) is 0 Å². The molecular formula is C17H17BrFNOS. The van der Waals surface area contributed by atoms with Gasteiger partial charge < -0.3 is 4.90 Å². The molecule has 0 saturated carbocycles. The van der Waals surface area contributed by atoms with Gasteiger partial charge in [-0.3, -0.25) is 4.79 Å². The Bertz CT molecular complexity index is 655. The minimum absolute atomic E-state index is 0.102. The van der Waals surface area contributed by atoms with Gasteiger partial charge in [-0.15, -0.1) is 11.3 Å². The molecule has 2 nitrogen and oxygen atoms in total. The van der Waals surface area contributed by atoms with Crippen molar-refractivity contribution in [3.8, 4) is 0 Å². The number of hydrogen-bond acceptors (Lipinski definition) is 2. The van der Waals surface area contributed by atoms with Gasteiger partial charge in [-0.2, -0.15) is 0 Å². The summed E-state index contributed by atoms with van der Waals surface area (Å²) in [5.41, 5.74) is 1.12. The fraction of sp³-hybridized carbons (Fsp3) is 0.353. The summed E-state index contributed by atoms with van der Waals surface area (Å²) in [7, 11) is 0. The summed E-state index contributed by atoms with van der Waals surface area (Å²) in [4.78, 5) is 15.4. The van der Waals surface area contributed by atoms with Crippen LogP contribution in [-0.2, 0) is 0 Å². The first-order chi connectivity index (χ1) is 10.6. The van der Waals surface area contributed by atoms with Gasteiger partial charge >= 0.3 is 0 Å². The number of rotatable bonds is 2. The highest BCUT2D eigenvalue weighted by atomic mass is 79.9. The lowest BCUT2D eigenvalue weighted by molar-refractivity contribution is 0.0759. The van der Waals surface area contributed by atoms with Crippen LogP contribution in [-0.4, -0.2) is 23.9 Å². The highest BCUT2D eigenvalue weighted by Crippen LogP contribution is 2.29. The van der Waals surface area contributed by atoms with Crippen molar-refractivity contribution in [2.45, 2.75) is 25.2 Å². The van der Waals surface area contributed by atoms with Crippen LogP contribution < -0.4 is 0 Å². The molecule has 3 rings (SSSR count). The number of likely N-dealkylation sites (tertiary alicyclic amines) is 1. The largest absolute Gasteiger partial charge is 0.337 e. The standard InChI is InChI=1S/C17H17BrFNOS/c18-14-9-16(22-11-14)17(21)20-8-2-1-3-13(10-20)12-4-6-15(19)7-5-12/h4-7,9,11,13H,1-3,8,10H2. The maximum atomic E-state index is 13.1. The molecule has 1 fully saturated rings. The van der Waals surface area contributed by atoms with Crippen LogP contribution in [0.2, 0.25) is 0 Å². The van der Waals surface area contributed by atoms with Gasteiger partial charge in [-0.05, 0) is 52.5 Å². The van der Waals surface area contributed by atoms with Crippen LogP contribution in [0.15, 0.2) is 40.2 Å². The van der Waals surface area contributed by atoms with Crippen molar-refractivity contribution >= 4 is 33.2 Å². The minimum atomic E-state index is -0.214. The highest BCUT2D eigenvalue weighted by molar-refractivity contribution is 9.10. The SMILES string of the molecule is O=C(c1cc(Br)cs1)N1CCCCC(c2ccc(F)cc2)C1. The zero-order valence-electron chi connectivity index (χ0n) is 12.1. The molecule has 1 atom stereocenters. The molecule has 1 saturated heterocycles. The highest BCUT2D eigenvalue weighted by Gasteiger charge is 2.24. The molecule has 2 aromatic rings. The summed E-state index contributed by atoms with van der Waals surface area (Å²) >= 11 is 4.87. The Labute approximate surface area is 142 Å². The summed E-state index contributed by atoms with van der Waals surface area (Å²) in [6.07, 6.45) is 3.17. The molecule has 1 aromatic carbocycles. The molecule has 1 aliphatic rings. The van der Waals surface area contributed by atoms with Gasteiger partial charge in [0, 0.05) is 28.9 Å². The lowest BCUT2D eigenvalue weighted by Crippen LogP contribution is -2.33. The van der Waals surface area contributed by atoms with Gasteiger partial charge in [0.2, 0.25) is 0 Å². The topological polar surface area (TPSA) is 20.3 Å². The molecule has 1 unspecified atom stereocenters. The third-order valence-corrected chi connectivity index (χ3v) is 5.76. The van der Waals surface area contributed by atoms with Crippen molar-refractivity contribution in [3.63, 3.8) is 0 Å². The van der Waals surface area contributed by atoms with Gasteiger partial charge in [-0.25, -0.2) is 4.39 Å². The van der Waals surface area contributed by atoms with E-state index in [-0.39, 0.29) is 17.6 Å². The number of nitrogens with zero attached hydrogens (tertiary/aromatic N) is 1. The Morgan fingerprint density at radius 1 is 1.27 bits per heavy atom. The number of benzene rings is 1. The van der Waals surface area contributed by atoms with Crippen LogP contribution in [0.3, 0.4) is 0 Å². The summed E-state index contributed by atoms with van der Waals surface area (Å²) in [5.74, 6) is 0.175. The molecule has 1 aliphatic heterocycles. The first kappa shape index (κ1) is 15.7. The van der Waals surface area contributed by atoms with E-state index >= 15 is 0 Å². The third kappa shape index (κ3) is 3.58. The monoisotopic (exact) mass is 381 g/mol. The van der Waals surface area contributed by atoms with Crippen LogP contribution in [0.4, 0.5) is 4.39 Å². The number of halogens is 2. The van der Waals surface area contributed by atoms with Crippen LogP contribution in [0, 0.1) is 5.82 Å². The molecule has 0 N–H and O–H groups in total. The Kier molecular flexibility index (Phi) is 4.93. The summed E-state index contributed by atoms with van der Waals surface area (Å²) < 4.78 is 14.0. The number of amides is 1. The number of carbonyl (C=O) groups excluding carboxylic acids is 1. The Morgan fingerprint density at radius 3 is 2.73 bits per heavy atom. The molecule has 0 bridgehead atoms. The Morgan fingerprint density at radius 2 is 2.05 bits per heavy atom.